The molecule has 13 heteroatoms. The number of aromatic nitrogens is 1. The van der Waals surface area contributed by atoms with E-state index in [1.807, 2.05) is 36.4 Å². The van der Waals surface area contributed by atoms with Crippen molar-refractivity contribution in [2.24, 2.45) is 5.92 Å². The van der Waals surface area contributed by atoms with Gasteiger partial charge in [0, 0.05) is 29.7 Å². The quantitative estimate of drug-likeness (QED) is 0.342. The second-order valence-electron chi connectivity index (χ2n) is 13.0. The minimum atomic E-state index is -1.20. The summed E-state index contributed by atoms with van der Waals surface area (Å²) in [4.78, 5) is 60.3. The van der Waals surface area contributed by atoms with Crippen LogP contribution in [-0.2, 0) is 23.9 Å². The van der Waals surface area contributed by atoms with E-state index in [-0.39, 0.29) is 25.5 Å². The third-order valence-corrected chi connectivity index (χ3v) is 9.51. The molecule has 1 aliphatic carbocycles. The van der Waals surface area contributed by atoms with Crippen LogP contribution in [0.1, 0.15) is 53.4 Å². The molecule has 1 saturated heterocycles. The van der Waals surface area contributed by atoms with Gasteiger partial charge in [-0.05, 0) is 82.4 Å². The van der Waals surface area contributed by atoms with Crippen molar-refractivity contribution in [2.75, 3.05) is 31.8 Å². The van der Waals surface area contributed by atoms with Crippen LogP contribution in [0.25, 0.3) is 10.8 Å². The number of carbonyl (C=O) groups excluding carboxylic acids is 4. The van der Waals surface area contributed by atoms with Crippen molar-refractivity contribution in [3.05, 3.63) is 42.6 Å². The molecule has 5 rings (SSSR count). The predicted molar refractivity (Wildman–Crippen MR) is 177 cm³/mol. The van der Waals surface area contributed by atoms with Crippen molar-refractivity contribution in [1.29, 1.82) is 0 Å². The summed E-state index contributed by atoms with van der Waals surface area (Å²) in [6, 6.07) is 5.45. The standard InChI is InChI=1S/C34H44N4O8S/c1-6-44-31(41)34-18-22(34)10-8-7-9-15-47-20-26(36-32(42)46-33(2,3)4)30(40)38-19-24(17-27(38)28(39)37-34)45-29-25-12-11-23(43-5)16-21(25)13-14-35-29/h8,10-14,16,22,24,26-27H,6-7,9,15,17-20H2,1-5H3,(H,36,42)(H,37,39)/b10-8-. The SMILES string of the molecule is CCOC(=O)C12CC1/C=C\CCCSCC(NC(=O)OC(C)(C)C)C(=O)N1CC(Oc3nccc4cc(OC)ccc34)CC1C(=O)N2. The average Bonchev–Trinajstić information content (AvgIpc) is 3.55. The number of thioether (sulfide) groups is 1. The van der Waals surface area contributed by atoms with Crippen LogP contribution in [-0.4, -0.2) is 94.9 Å². The number of rotatable bonds is 6. The summed E-state index contributed by atoms with van der Waals surface area (Å²) in [6.07, 6.45) is 6.48. The number of amides is 3. The Balaban J connectivity index is 1.45. The van der Waals surface area contributed by atoms with Crippen molar-refractivity contribution in [3.63, 3.8) is 0 Å². The van der Waals surface area contributed by atoms with Crippen molar-refractivity contribution in [2.45, 2.75) is 82.7 Å². The molecule has 5 atom stereocenters. The fraction of sp³-hybridized carbons (Fsp3) is 0.559. The summed E-state index contributed by atoms with van der Waals surface area (Å²) in [5.74, 6) is 0.472. The summed E-state index contributed by atoms with van der Waals surface area (Å²) in [6.45, 7) is 7.21. The number of methoxy groups -OCH3 is 1. The molecular formula is C34H44N4O8S. The first-order chi connectivity index (χ1) is 22.4. The molecule has 1 saturated carbocycles. The molecular weight excluding hydrogens is 624 g/mol. The first-order valence-corrected chi connectivity index (χ1v) is 17.2. The van der Waals surface area contributed by atoms with Crippen LogP contribution in [0.2, 0.25) is 0 Å². The first-order valence-electron chi connectivity index (χ1n) is 16.1. The van der Waals surface area contributed by atoms with Crippen LogP contribution in [0.3, 0.4) is 0 Å². The first kappa shape index (κ1) is 34.3. The maximum absolute atomic E-state index is 14.3. The molecule has 2 aromatic rings. The van der Waals surface area contributed by atoms with Gasteiger partial charge in [-0.15, -0.1) is 0 Å². The Kier molecular flexibility index (Phi) is 10.5. The van der Waals surface area contributed by atoms with Gasteiger partial charge in [0.1, 0.15) is 35.1 Å². The van der Waals surface area contributed by atoms with E-state index < -0.39 is 53.2 Å². The van der Waals surface area contributed by atoms with Crippen molar-refractivity contribution in [1.82, 2.24) is 20.5 Å². The molecule has 2 aliphatic heterocycles. The van der Waals surface area contributed by atoms with Crippen molar-refractivity contribution >= 4 is 46.4 Å². The highest BCUT2D eigenvalue weighted by Gasteiger charge is 2.62. The van der Waals surface area contributed by atoms with E-state index in [1.54, 1.807) is 52.8 Å². The minimum absolute atomic E-state index is 0.0675. The number of fused-ring (bicyclic) bond motifs is 3. The minimum Gasteiger partial charge on any atom is -0.497 e. The largest absolute Gasteiger partial charge is 0.497 e. The van der Waals surface area contributed by atoms with Gasteiger partial charge >= 0.3 is 12.1 Å². The molecule has 1 aromatic heterocycles. The normalized spacial score (nSPS) is 27.3. The molecule has 47 heavy (non-hydrogen) atoms. The molecule has 254 valence electrons. The second-order valence-corrected chi connectivity index (χ2v) is 14.2. The monoisotopic (exact) mass is 668 g/mol. The zero-order chi connectivity index (χ0) is 33.8. The van der Waals surface area contributed by atoms with Crippen LogP contribution in [0.4, 0.5) is 4.79 Å². The van der Waals surface area contributed by atoms with Gasteiger partial charge in [-0.1, -0.05) is 12.2 Å². The molecule has 2 fully saturated rings. The number of pyridine rings is 1. The fourth-order valence-corrected chi connectivity index (χ4v) is 6.98. The maximum Gasteiger partial charge on any atom is 0.408 e. The number of esters is 1. The lowest BCUT2D eigenvalue weighted by molar-refractivity contribution is -0.150. The molecule has 2 N–H and O–H groups in total. The van der Waals surface area contributed by atoms with E-state index in [0.29, 0.717) is 23.8 Å². The number of hydrogen-bond donors (Lipinski definition) is 2. The fourth-order valence-electron chi connectivity index (χ4n) is 5.98. The van der Waals surface area contributed by atoms with Crippen LogP contribution in [0.15, 0.2) is 42.6 Å². The van der Waals surface area contributed by atoms with E-state index in [2.05, 4.69) is 15.6 Å². The number of allylic oxidation sites excluding steroid dienone is 1. The molecule has 1 aromatic carbocycles. The van der Waals surface area contributed by atoms with Gasteiger partial charge in [-0.25, -0.2) is 14.6 Å². The number of hydrogen-bond acceptors (Lipinski definition) is 10. The van der Waals surface area contributed by atoms with Gasteiger partial charge in [-0.3, -0.25) is 9.59 Å². The molecule has 3 aliphatic rings. The number of nitrogens with one attached hydrogen (secondary N) is 2. The van der Waals surface area contributed by atoms with Crippen LogP contribution in [0, 0.1) is 5.92 Å². The number of alkyl carbamates (subject to hydrolysis) is 1. The predicted octanol–water partition coefficient (Wildman–Crippen LogP) is 4.01. The van der Waals surface area contributed by atoms with Crippen molar-refractivity contribution in [3.8, 4) is 11.6 Å². The van der Waals surface area contributed by atoms with Crippen molar-refractivity contribution < 1.29 is 38.1 Å². The van der Waals surface area contributed by atoms with Gasteiger partial charge in [0.05, 0.1) is 20.3 Å². The number of nitrogens with zero attached hydrogens (tertiary/aromatic N) is 2. The highest BCUT2D eigenvalue weighted by atomic mass is 32.2. The Labute approximate surface area is 279 Å². The third-order valence-electron chi connectivity index (χ3n) is 8.36. The zero-order valence-electron chi connectivity index (χ0n) is 27.6. The molecule has 12 nitrogen and oxygen atoms in total. The summed E-state index contributed by atoms with van der Waals surface area (Å²) < 4.78 is 22.6. The van der Waals surface area contributed by atoms with E-state index in [0.717, 1.165) is 29.4 Å². The van der Waals surface area contributed by atoms with Gasteiger partial charge in [0.25, 0.3) is 0 Å². The second kappa shape index (κ2) is 14.4. The summed E-state index contributed by atoms with van der Waals surface area (Å²) in [5.41, 5.74) is -1.96. The van der Waals surface area contributed by atoms with Crippen LogP contribution < -0.4 is 20.1 Å². The number of benzene rings is 1. The Morgan fingerprint density at radius 2 is 2.02 bits per heavy atom. The molecule has 0 radical (unpaired) electrons. The lowest BCUT2D eigenvalue weighted by Gasteiger charge is -2.30. The molecule has 0 bridgehead atoms. The van der Waals surface area contributed by atoms with E-state index in [4.69, 9.17) is 18.9 Å². The summed E-state index contributed by atoms with van der Waals surface area (Å²) in [5, 5.41) is 7.32. The molecule has 0 spiro atoms. The highest BCUT2D eigenvalue weighted by molar-refractivity contribution is 7.99. The molecule has 3 heterocycles. The van der Waals surface area contributed by atoms with Crippen LogP contribution in [0.5, 0.6) is 11.6 Å². The third kappa shape index (κ3) is 8.11. The smallest absolute Gasteiger partial charge is 0.408 e. The summed E-state index contributed by atoms with van der Waals surface area (Å²) >= 11 is 1.54. The van der Waals surface area contributed by atoms with Gasteiger partial charge < -0.3 is 34.5 Å². The van der Waals surface area contributed by atoms with Gasteiger partial charge in [0.2, 0.25) is 17.7 Å². The Morgan fingerprint density at radius 3 is 2.77 bits per heavy atom. The Hall–Kier alpha value is -4.00. The summed E-state index contributed by atoms with van der Waals surface area (Å²) in [7, 11) is 1.59. The van der Waals surface area contributed by atoms with Gasteiger partial charge in [0.15, 0.2) is 0 Å². The zero-order valence-corrected chi connectivity index (χ0v) is 28.4. The maximum atomic E-state index is 14.3. The van der Waals surface area contributed by atoms with E-state index >= 15 is 0 Å². The Bertz CT molecular complexity index is 1530. The lowest BCUT2D eigenvalue weighted by Crippen LogP contribution is -2.57. The topological polar surface area (TPSA) is 145 Å². The van der Waals surface area contributed by atoms with E-state index in [9.17, 15) is 19.2 Å². The van der Waals surface area contributed by atoms with Gasteiger partial charge in [-0.2, -0.15) is 11.8 Å². The average molecular weight is 669 g/mol. The lowest BCUT2D eigenvalue weighted by atomic mass is 10.1. The molecule has 3 amide bonds. The van der Waals surface area contributed by atoms with Crippen LogP contribution >= 0.6 is 11.8 Å². The Morgan fingerprint density at radius 1 is 1.21 bits per heavy atom. The number of carbonyl (C=O) groups is 4. The highest BCUT2D eigenvalue weighted by Crippen LogP contribution is 2.46. The molecule has 5 unspecified atom stereocenters. The van der Waals surface area contributed by atoms with E-state index in [1.165, 1.54) is 4.90 Å². The number of ether oxygens (including phenoxy) is 4.